The van der Waals surface area contributed by atoms with Crippen LogP contribution in [0.2, 0.25) is 5.02 Å². The molecule has 0 saturated carbocycles. The van der Waals surface area contributed by atoms with Gasteiger partial charge in [0.05, 0.1) is 32.4 Å². The molecule has 1 aliphatic heterocycles. The molecule has 0 bridgehead atoms. The van der Waals surface area contributed by atoms with E-state index < -0.39 is 17.7 Å². The largest absolute Gasteiger partial charge is 0.507 e. The van der Waals surface area contributed by atoms with Gasteiger partial charge in [-0.15, -0.1) is 10.2 Å². The van der Waals surface area contributed by atoms with Crippen molar-refractivity contribution in [1.29, 1.82) is 0 Å². The Hall–Kier alpha value is -4.06. The van der Waals surface area contributed by atoms with Gasteiger partial charge in [0.2, 0.25) is 5.13 Å². The minimum Gasteiger partial charge on any atom is -0.507 e. The fourth-order valence-electron chi connectivity index (χ4n) is 4.65. The number of methoxy groups -OCH3 is 2. The van der Waals surface area contributed by atoms with Gasteiger partial charge in [0.25, 0.3) is 5.78 Å². The second-order valence-electron chi connectivity index (χ2n) is 9.78. The Morgan fingerprint density at radius 1 is 1.00 bits per heavy atom. The van der Waals surface area contributed by atoms with Gasteiger partial charge in [-0.1, -0.05) is 66.2 Å². The third kappa shape index (κ3) is 6.69. The topological polar surface area (TPSA) is 111 Å². The van der Waals surface area contributed by atoms with E-state index in [1.165, 1.54) is 42.2 Å². The fourth-order valence-corrected chi connectivity index (χ4v) is 6.60. The molecule has 1 fully saturated rings. The molecular weight excluding hydrogens is 622 g/mol. The predicted octanol–water partition coefficient (Wildman–Crippen LogP) is 7.31. The molecule has 0 spiro atoms. The zero-order valence-electron chi connectivity index (χ0n) is 24.3. The molecule has 2 heterocycles. The summed E-state index contributed by atoms with van der Waals surface area (Å²) in [6.07, 6.45) is 1.93. The summed E-state index contributed by atoms with van der Waals surface area (Å²) in [6.45, 7) is 2.66. The number of aromatic nitrogens is 2. The molecule has 1 saturated heterocycles. The summed E-state index contributed by atoms with van der Waals surface area (Å²) < 4.78 is 17.3. The first kappa shape index (κ1) is 31.4. The number of aliphatic hydroxyl groups excluding tert-OH is 1. The SMILES string of the molecule is CCCCOc1ccc(C(O)=C2C(=O)C(=O)N(c3nnc(SCc4ccc(Cl)cc4)s3)[C@@H]2c2ccc(OC)c(OC)c2)cc1. The highest BCUT2D eigenvalue weighted by Gasteiger charge is 2.48. The van der Waals surface area contributed by atoms with Crippen molar-refractivity contribution in [2.45, 2.75) is 35.9 Å². The van der Waals surface area contributed by atoms with E-state index in [4.69, 9.17) is 25.8 Å². The number of unbranched alkanes of at least 4 members (excludes halogenated alkanes) is 1. The number of anilines is 1. The van der Waals surface area contributed by atoms with E-state index >= 15 is 0 Å². The van der Waals surface area contributed by atoms with Gasteiger partial charge >= 0.3 is 5.91 Å². The van der Waals surface area contributed by atoms with E-state index in [1.807, 2.05) is 24.3 Å². The van der Waals surface area contributed by atoms with Gasteiger partial charge in [0, 0.05) is 16.3 Å². The maximum Gasteiger partial charge on any atom is 0.301 e. The average molecular weight is 652 g/mol. The third-order valence-electron chi connectivity index (χ3n) is 6.94. The summed E-state index contributed by atoms with van der Waals surface area (Å²) in [5, 5.41) is 20.9. The van der Waals surface area contributed by atoms with Gasteiger partial charge in [0.15, 0.2) is 15.8 Å². The van der Waals surface area contributed by atoms with E-state index in [1.54, 1.807) is 42.5 Å². The van der Waals surface area contributed by atoms with Crippen molar-refractivity contribution in [3.8, 4) is 17.2 Å². The van der Waals surface area contributed by atoms with Crippen LogP contribution in [-0.2, 0) is 15.3 Å². The van der Waals surface area contributed by atoms with Crippen LogP contribution in [0.15, 0.2) is 76.6 Å². The maximum atomic E-state index is 13.6. The van der Waals surface area contributed by atoms with Crippen molar-refractivity contribution in [2.24, 2.45) is 0 Å². The van der Waals surface area contributed by atoms with Crippen molar-refractivity contribution in [2.75, 3.05) is 25.7 Å². The molecule has 3 aromatic carbocycles. The molecule has 5 rings (SSSR count). The van der Waals surface area contributed by atoms with Gasteiger partial charge in [-0.2, -0.15) is 0 Å². The number of halogens is 1. The number of hydrogen-bond acceptors (Lipinski definition) is 10. The first-order valence-electron chi connectivity index (χ1n) is 13.8. The normalized spacial score (nSPS) is 15.9. The lowest BCUT2D eigenvalue weighted by molar-refractivity contribution is -0.132. The lowest BCUT2D eigenvalue weighted by Crippen LogP contribution is -2.29. The number of carbonyl (C=O) groups is 2. The zero-order valence-corrected chi connectivity index (χ0v) is 26.7. The number of rotatable bonds is 12. The number of carbonyl (C=O) groups excluding carboxylic acids is 2. The standard InChI is InChI=1S/C32H30ClN3O6S2/c1-4-5-16-42-23-13-8-20(9-14-23)28(37)26-27(21-10-15-24(40-2)25(17-21)41-3)36(30(39)29(26)38)31-34-35-32(44-31)43-18-19-6-11-22(33)12-7-19/h6-15,17,27,37H,4-5,16,18H2,1-3H3/t27-/m1/s1. The first-order chi connectivity index (χ1) is 21.3. The third-order valence-corrected chi connectivity index (χ3v) is 9.32. The fraction of sp³-hybridized carbons (Fsp3) is 0.250. The van der Waals surface area contributed by atoms with Gasteiger partial charge in [-0.05, 0) is 66.1 Å². The zero-order chi connectivity index (χ0) is 31.2. The molecule has 0 aliphatic carbocycles. The van der Waals surface area contributed by atoms with Gasteiger partial charge in [0.1, 0.15) is 11.5 Å². The van der Waals surface area contributed by atoms with E-state index in [0.717, 1.165) is 18.4 Å². The van der Waals surface area contributed by atoms with Crippen LogP contribution in [0.1, 0.15) is 42.5 Å². The monoisotopic (exact) mass is 651 g/mol. The van der Waals surface area contributed by atoms with Crippen molar-refractivity contribution >= 4 is 57.3 Å². The molecular formula is C32H30ClN3O6S2. The molecule has 4 aromatic rings. The van der Waals surface area contributed by atoms with Crippen LogP contribution in [0.25, 0.3) is 5.76 Å². The molecule has 0 radical (unpaired) electrons. The van der Waals surface area contributed by atoms with E-state index in [2.05, 4.69) is 17.1 Å². The van der Waals surface area contributed by atoms with Gasteiger partial charge < -0.3 is 19.3 Å². The number of benzene rings is 3. The Bertz CT molecular complexity index is 1670. The number of Topliss-reactive ketones (excluding diaryl/α,β-unsaturated/α-hetero) is 1. The molecule has 0 unspecified atom stereocenters. The molecule has 1 atom stereocenters. The minimum atomic E-state index is -1.00. The average Bonchev–Trinajstić information content (AvgIpc) is 3.62. The molecule has 1 aromatic heterocycles. The Morgan fingerprint density at radius 3 is 2.41 bits per heavy atom. The van der Waals surface area contributed by atoms with E-state index in [0.29, 0.717) is 50.1 Å². The number of thioether (sulfide) groups is 1. The number of ketones is 1. The Labute approximate surface area is 268 Å². The molecule has 44 heavy (non-hydrogen) atoms. The Balaban J connectivity index is 1.53. The second kappa shape index (κ2) is 14.1. The summed E-state index contributed by atoms with van der Waals surface area (Å²) in [6, 6.07) is 18.3. The second-order valence-corrected chi connectivity index (χ2v) is 12.4. The van der Waals surface area contributed by atoms with Crippen LogP contribution in [-0.4, -0.2) is 47.8 Å². The number of hydrogen-bond donors (Lipinski definition) is 1. The summed E-state index contributed by atoms with van der Waals surface area (Å²) in [5.41, 5.74) is 1.86. The molecule has 9 nitrogen and oxygen atoms in total. The predicted molar refractivity (Wildman–Crippen MR) is 172 cm³/mol. The van der Waals surface area contributed by atoms with Crippen LogP contribution in [0, 0.1) is 0 Å². The van der Waals surface area contributed by atoms with Crippen molar-refractivity contribution < 1.29 is 28.9 Å². The van der Waals surface area contributed by atoms with Crippen LogP contribution in [0.5, 0.6) is 17.2 Å². The summed E-state index contributed by atoms with van der Waals surface area (Å²) in [4.78, 5) is 28.5. The van der Waals surface area contributed by atoms with Gasteiger partial charge in [-0.3, -0.25) is 14.5 Å². The highest BCUT2D eigenvalue weighted by molar-refractivity contribution is 8.00. The van der Waals surface area contributed by atoms with Crippen molar-refractivity contribution in [3.05, 3.63) is 94.0 Å². The lowest BCUT2D eigenvalue weighted by Gasteiger charge is -2.23. The Kier molecular flexibility index (Phi) is 10.1. The summed E-state index contributed by atoms with van der Waals surface area (Å²) >= 11 is 8.64. The minimum absolute atomic E-state index is 0.0764. The van der Waals surface area contributed by atoms with Crippen molar-refractivity contribution in [3.63, 3.8) is 0 Å². The van der Waals surface area contributed by atoms with Crippen LogP contribution >= 0.6 is 34.7 Å². The van der Waals surface area contributed by atoms with Gasteiger partial charge in [-0.25, -0.2) is 0 Å². The molecule has 1 aliphatic rings. The quantitative estimate of drug-likeness (QED) is 0.0421. The number of aliphatic hydroxyl groups is 1. The van der Waals surface area contributed by atoms with Crippen LogP contribution < -0.4 is 19.1 Å². The van der Waals surface area contributed by atoms with Crippen molar-refractivity contribution in [1.82, 2.24) is 10.2 Å². The summed E-state index contributed by atoms with van der Waals surface area (Å²) in [5.74, 6) is 0.163. The number of ether oxygens (including phenoxy) is 3. The summed E-state index contributed by atoms with van der Waals surface area (Å²) in [7, 11) is 3.02. The smallest absolute Gasteiger partial charge is 0.301 e. The highest BCUT2D eigenvalue weighted by atomic mass is 35.5. The van der Waals surface area contributed by atoms with Crippen LogP contribution in [0.4, 0.5) is 5.13 Å². The molecule has 228 valence electrons. The first-order valence-corrected chi connectivity index (χ1v) is 16.0. The van der Waals surface area contributed by atoms with E-state index in [9.17, 15) is 14.7 Å². The highest BCUT2D eigenvalue weighted by Crippen LogP contribution is 2.45. The number of amides is 1. The van der Waals surface area contributed by atoms with E-state index in [-0.39, 0.29) is 16.5 Å². The molecule has 1 N–H and O–H groups in total. The molecule has 1 amide bonds. The maximum absolute atomic E-state index is 13.6. The molecule has 12 heteroatoms. The Morgan fingerprint density at radius 2 is 1.73 bits per heavy atom. The van der Waals surface area contributed by atoms with Crippen LogP contribution in [0.3, 0.4) is 0 Å². The number of nitrogens with zero attached hydrogens (tertiary/aromatic N) is 3. The lowest BCUT2D eigenvalue weighted by atomic mass is 9.95.